The Hall–Kier alpha value is -0.860. The smallest absolute Gasteiger partial charge is 0.0332 e. The summed E-state index contributed by atoms with van der Waals surface area (Å²) in [7, 11) is 0. The Morgan fingerprint density at radius 1 is 1.00 bits per heavy atom. The number of hydrogen-bond acceptors (Lipinski definition) is 2. The van der Waals surface area contributed by atoms with E-state index < -0.39 is 0 Å². The molecule has 0 fully saturated rings. The van der Waals surface area contributed by atoms with Crippen molar-refractivity contribution >= 4 is 0 Å². The van der Waals surface area contributed by atoms with Gasteiger partial charge in [-0.05, 0) is 50.1 Å². The van der Waals surface area contributed by atoms with Gasteiger partial charge in [-0.1, -0.05) is 58.4 Å². The fourth-order valence-corrected chi connectivity index (χ4v) is 2.69. The molecule has 0 aliphatic rings. The number of nitrogens with zero attached hydrogens (tertiary/aromatic N) is 1. The second-order valence-corrected chi connectivity index (χ2v) is 5.42. The van der Waals surface area contributed by atoms with Crippen LogP contribution < -0.4 is 5.32 Å². The van der Waals surface area contributed by atoms with Gasteiger partial charge in [-0.25, -0.2) is 0 Å². The molecule has 1 aromatic rings. The third-order valence-corrected chi connectivity index (χ3v) is 4.00. The molecule has 1 atom stereocenters. The van der Waals surface area contributed by atoms with Gasteiger partial charge in [0.05, 0.1) is 0 Å². The lowest BCUT2D eigenvalue weighted by Crippen LogP contribution is -2.29. The summed E-state index contributed by atoms with van der Waals surface area (Å²) in [6.45, 7) is 13.4. The molecule has 114 valence electrons. The van der Waals surface area contributed by atoms with E-state index in [1.807, 2.05) is 0 Å². The fourth-order valence-electron chi connectivity index (χ4n) is 2.69. The van der Waals surface area contributed by atoms with E-state index in [0.29, 0.717) is 6.04 Å². The number of benzene rings is 1. The highest BCUT2D eigenvalue weighted by Gasteiger charge is 2.11. The summed E-state index contributed by atoms with van der Waals surface area (Å²) < 4.78 is 0. The average molecular weight is 276 g/mol. The summed E-state index contributed by atoms with van der Waals surface area (Å²) in [6, 6.07) is 9.68. The molecule has 1 unspecified atom stereocenters. The molecule has 0 bridgehead atoms. The topological polar surface area (TPSA) is 15.3 Å². The zero-order valence-electron chi connectivity index (χ0n) is 13.8. The van der Waals surface area contributed by atoms with Crippen LogP contribution in [0.3, 0.4) is 0 Å². The predicted molar refractivity (Wildman–Crippen MR) is 89.3 cm³/mol. The van der Waals surface area contributed by atoms with Gasteiger partial charge in [0.15, 0.2) is 0 Å². The fraction of sp³-hybridized carbons (Fsp3) is 0.667. The molecule has 1 N–H and O–H groups in total. The van der Waals surface area contributed by atoms with Crippen LogP contribution in [-0.4, -0.2) is 31.1 Å². The quantitative estimate of drug-likeness (QED) is 0.694. The normalized spacial score (nSPS) is 12.8. The summed E-state index contributed by atoms with van der Waals surface area (Å²) in [4.78, 5) is 2.50. The van der Waals surface area contributed by atoms with Gasteiger partial charge in [0, 0.05) is 6.04 Å². The van der Waals surface area contributed by atoms with Gasteiger partial charge >= 0.3 is 0 Å². The van der Waals surface area contributed by atoms with Crippen LogP contribution >= 0.6 is 0 Å². The average Bonchev–Trinajstić information content (AvgIpc) is 2.48. The van der Waals surface area contributed by atoms with E-state index in [1.165, 1.54) is 36.9 Å². The van der Waals surface area contributed by atoms with Crippen LogP contribution in [0.4, 0.5) is 0 Å². The molecule has 1 aromatic carbocycles. The van der Waals surface area contributed by atoms with E-state index in [2.05, 4.69) is 62.2 Å². The summed E-state index contributed by atoms with van der Waals surface area (Å²) in [5.41, 5.74) is 2.88. The second-order valence-electron chi connectivity index (χ2n) is 5.42. The maximum atomic E-state index is 3.63. The molecular formula is C18H32N2. The Balaban J connectivity index is 2.64. The van der Waals surface area contributed by atoms with E-state index >= 15 is 0 Å². The second kappa shape index (κ2) is 9.95. The standard InChI is InChI=1S/C18H32N2/c1-5-9-16-10-12-17(13-11-16)18(19-6-2)14-15-20(7-3)8-4/h10-13,18-19H,5-9,14-15H2,1-4H3. The van der Waals surface area contributed by atoms with Crippen LogP contribution in [0.15, 0.2) is 24.3 Å². The SMILES string of the molecule is CCCc1ccc(C(CCN(CC)CC)NCC)cc1. The maximum absolute atomic E-state index is 3.63. The molecule has 0 aliphatic carbocycles. The minimum atomic E-state index is 0.483. The van der Waals surface area contributed by atoms with Crippen LogP contribution in [0.5, 0.6) is 0 Å². The van der Waals surface area contributed by atoms with E-state index in [4.69, 9.17) is 0 Å². The number of aryl methyl sites for hydroxylation is 1. The van der Waals surface area contributed by atoms with Crippen LogP contribution in [0.2, 0.25) is 0 Å². The first-order chi connectivity index (χ1) is 9.74. The summed E-state index contributed by atoms with van der Waals surface area (Å²) in [6.07, 6.45) is 3.59. The lowest BCUT2D eigenvalue weighted by molar-refractivity contribution is 0.282. The molecule has 0 spiro atoms. The van der Waals surface area contributed by atoms with Gasteiger partial charge in [0.2, 0.25) is 0 Å². The van der Waals surface area contributed by atoms with Gasteiger partial charge in [0.1, 0.15) is 0 Å². The Labute approximate surface area is 125 Å². The monoisotopic (exact) mass is 276 g/mol. The van der Waals surface area contributed by atoms with Crippen molar-refractivity contribution in [1.82, 2.24) is 10.2 Å². The maximum Gasteiger partial charge on any atom is 0.0332 e. The molecule has 2 nitrogen and oxygen atoms in total. The summed E-state index contributed by atoms with van der Waals surface area (Å²) >= 11 is 0. The molecule has 0 saturated carbocycles. The minimum absolute atomic E-state index is 0.483. The Bertz CT molecular complexity index is 341. The molecular weight excluding hydrogens is 244 g/mol. The van der Waals surface area contributed by atoms with Crippen LogP contribution in [0.25, 0.3) is 0 Å². The molecule has 0 amide bonds. The predicted octanol–water partition coefficient (Wildman–Crippen LogP) is 4.02. The minimum Gasteiger partial charge on any atom is -0.310 e. The van der Waals surface area contributed by atoms with Gasteiger partial charge in [0.25, 0.3) is 0 Å². The van der Waals surface area contributed by atoms with Gasteiger partial charge in [-0.15, -0.1) is 0 Å². The number of hydrogen-bond donors (Lipinski definition) is 1. The summed E-state index contributed by atoms with van der Waals surface area (Å²) in [5, 5.41) is 3.63. The highest BCUT2D eigenvalue weighted by Crippen LogP contribution is 2.18. The number of rotatable bonds is 10. The third-order valence-electron chi connectivity index (χ3n) is 4.00. The molecule has 1 rings (SSSR count). The molecule has 0 heterocycles. The van der Waals surface area contributed by atoms with E-state index in [9.17, 15) is 0 Å². The molecule has 2 heteroatoms. The summed E-state index contributed by atoms with van der Waals surface area (Å²) in [5.74, 6) is 0. The number of nitrogens with one attached hydrogen (secondary N) is 1. The van der Waals surface area contributed by atoms with Gasteiger partial charge in [-0.3, -0.25) is 0 Å². The molecule has 0 aromatic heterocycles. The van der Waals surface area contributed by atoms with E-state index in [1.54, 1.807) is 0 Å². The lowest BCUT2D eigenvalue weighted by Gasteiger charge is -2.24. The Morgan fingerprint density at radius 2 is 1.65 bits per heavy atom. The highest BCUT2D eigenvalue weighted by molar-refractivity contribution is 5.25. The molecule has 20 heavy (non-hydrogen) atoms. The zero-order valence-corrected chi connectivity index (χ0v) is 13.8. The van der Waals surface area contributed by atoms with Gasteiger partial charge < -0.3 is 10.2 Å². The third kappa shape index (κ3) is 5.64. The van der Waals surface area contributed by atoms with Crippen molar-refractivity contribution in [3.8, 4) is 0 Å². The van der Waals surface area contributed by atoms with E-state index in [-0.39, 0.29) is 0 Å². The van der Waals surface area contributed by atoms with Crippen molar-refractivity contribution in [2.45, 2.75) is 53.0 Å². The first-order valence-electron chi connectivity index (χ1n) is 8.29. The van der Waals surface area contributed by atoms with Crippen LogP contribution in [0.1, 0.15) is 57.7 Å². The van der Waals surface area contributed by atoms with Crippen molar-refractivity contribution in [3.05, 3.63) is 35.4 Å². The van der Waals surface area contributed by atoms with Crippen molar-refractivity contribution in [2.24, 2.45) is 0 Å². The van der Waals surface area contributed by atoms with Crippen LogP contribution in [0, 0.1) is 0 Å². The van der Waals surface area contributed by atoms with Crippen molar-refractivity contribution < 1.29 is 0 Å². The van der Waals surface area contributed by atoms with Crippen molar-refractivity contribution in [2.75, 3.05) is 26.2 Å². The highest BCUT2D eigenvalue weighted by atomic mass is 15.1. The van der Waals surface area contributed by atoms with Crippen LogP contribution in [-0.2, 0) is 6.42 Å². The Kier molecular flexibility index (Phi) is 8.56. The van der Waals surface area contributed by atoms with Crippen molar-refractivity contribution in [1.29, 1.82) is 0 Å². The zero-order chi connectivity index (χ0) is 14.8. The molecule has 0 radical (unpaired) electrons. The first-order valence-corrected chi connectivity index (χ1v) is 8.29. The lowest BCUT2D eigenvalue weighted by atomic mass is 10.0. The first kappa shape index (κ1) is 17.2. The Morgan fingerprint density at radius 3 is 2.15 bits per heavy atom. The molecule has 0 aliphatic heterocycles. The van der Waals surface area contributed by atoms with Gasteiger partial charge in [-0.2, -0.15) is 0 Å². The largest absolute Gasteiger partial charge is 0.310 e. The van der Waals surface area contributed by atoms with E-state index in [0.717, 1.165) is 19.6 Å². The molecule has 0 saturated heterocycles. The van der Waals surface area contributed by atoms with Crippen molar-refractivity contribution in [3.63, 3.8) is 0 Å².